The third kappa shape index (κ3) is 6.35. The van der Waals surface area contributed by atoms with Crippen molar-refractivity contribution in [2.75, 3.05) is 22.1 Å². The SMILES string of the molecule is C=CCC/C(=C\CC)C(F)(F)[C@@H]1Nc2nc(C3=NC(O)ON3)nc(N[C@H](C)C3CCC3)c2N1CC1CCC(C)CC1. The van der Waals surface area contributed by atoms with E-state index in [-0.39, 0.29) is 29.7 Å². The van der Waals surface area contributed by atoms with Gasteiger partial charge in [-0.15, -0.1) is 6.58 Å². The Hall–Kier alpha value is -2.79. The Morgan fingerprint density at radius 3 is 2.61 bits per heavy atom. The van der Waals surface area contributed by atoms with Gasteiger partial charge < -0.3 is 20.6 Å². The molecular weight excluding hydrogens is 528 g/mol. The average Bonchev–Trinajstić information content (AvgIpc) is 3.51. The summed E-state index contributed by atoms with van der Waals surface area (Å²) in [5, 5.41) is 16.5. The lowest BCUT2D eigenvalue weighted by atomic mass is 9.80. The number of hydroxylamine groups is 1. The minimum atomic E-state index is -3.17. The van der Waals surface area contributed by atoms with Crippen molar-refractivity contribution in [3.05, 3.63) is 30.1 Å². The zero-order valence-electron chi connectivity index (χ0n) is 24.5. The topological polar surface area (TPSA) is 107 Å². The van der Waals surface area contributed by atoms with E-state index in [1.54, 1.807) is 12.2 Å². The van der Waals surface area contributed by atoms with E-state index in [9.17, 15) is 5.11 Å². The average molecular weight is 574 g/mol. The summed E-state index contributed by atoms with van der Waals surface area (Å²) < 4.78 is 33.2. The number of aliphatic hydroxyl groups excluding tert-OH is 1. The number of aliphatic hydroxyl groups is 1. The Labute approximate surface area is 241 Å². The van der Waals surface area contributed by atoms with Crippen LogP contribution in [-0.4, -0.2) is 52.0 Å². The standard InChI is InChI=1S/C30H45F2N7O2/c1-5-7-12-22(9-6-2)30(31,32)28-36-25-23(39(28)17-20-15-13-18(3)14-16-20)24(33-19(4)21-10-8-11-21)34-26(35-25)27-37-29(40)41-38-27/h5,9,18-21,28-29,40H,1,6-8,10-17H2,2-4H3,(H,37,38)(H2,33,34,35,36)/b22-9+/t18?,19-,20?,28-,29?/m1/s1. The fraction of sp³-hybridized carbons (Fsp3) is 0.700. The van der Waals surface area contributed by atoms with E-state index in [1.807, 2.05) is 11.8 Å². The number of hydrogen-bond acceptors (Lipinski definition) is 9. The number of nitrogens with zero attached hydrogens (tertiary/aromatic N) is 4. The van der Waals surface area contributed by atoms with Crippen LogP contribution in [0.3, 0.4) is 0 Å². The number of allylic oxidation sites excluding steroid dienone is 2. The molecule has 2 aliphatic carbocycles. The second kappa shape index (κ2) is 12.6. The summed E-state index contributed by atoms with van der Waals surface area (Å²) in [6.07, 6.45) is 9.55. The molecule has 0 spiro atoms. The molecule has 0 amide bonds. The molecule has 11 heteroatoms. The highest BCUT2D eigenvalue weighted by Crippen LogP contribution is 2.47. The van der Waals surface area contributed by atoms with Gasteiger partial charge in [-0.3, -0.25) is 0 Å². The molecule has 4 N–H and O–H groups in total. The Morgan fingerprint density at radius 1 is 1.24 bits per heavy atom. The highest BCUT2D eigenvalue weighted by Gasteiger charge is 2.52. The lowest BCUT2D eigenvalue weighted by Gasteiger charge is -2.38. The molecule has 2 fully saturated rings. The number of nitrogens with one attached hydrogen (secondary N) is 3. The second-order valence-electron chi connectivity index (χ2n) is 12.2. The van der Waals surface area contributed by atoms with Crippen molar-refractivity contribution in [2.24, 2.45) is 22.7 Å². The van der Waals surface area contributed by atoms with E-state index in [4.69, 9.17) is 9.82 Å². The first-order valence-electron chi connectivity index (χ1n) is 15.3. The van der Waals surface area contributed by atoms with Crippen molar-refractivity contribution >= 4 is 23.2 Å². The van der Waals surface area contributed by atoms with Crippen LogP contribution in [0.1, 0.15) is 90.8 Å². The summed E-state index contributed by atoms with van der Waals surface area (Å²) in [7, 11) is 0. The largest absolute Gasteiger partial charge is 0.365 e. The van der Waals surface area contributed by atoms with Gasteiger partial charge in [-0.25, -0.2) is 25.3 Å². The summed E-state index contributed by atoms with van der Waals surface area (Å²) in [4.78, 5) is 20.2. The highest BCUT2D eigenvalue weighted by molar-refractivity contribution is 5.98. The molecule has 1 aromatic heterocycles. The lowest BCUT2D eigenvalue weighted by Crippen LogP contribution is -2.52. The van der Waals surface area contributed by atoms with Crippen molar-refractivity contribution in [3.8, 4) is 0 Å². The number of amidine groups is 1. The minimum absolute atomic E-state index is 0.107. The summed E-state index contributed by atoms with van der Waals surface area (Å²) in [5.41, 5.74) is 3.24. The van der Waals surface area contributed by atoms with Crippen LogP contribution in [0.25, 0.3) is 0 Å². The molecule has 0 bridgehead atoms. The Bertz CT molecular complexity index is 1150. The van der Waals surface area contributed by atoms with Gasteiger partial charge in [0.05, 0.1) is 0 Å². The van der Waals surface area contributed by atoms with Crippen LogP contribution in [-0.2, 0) is 4.84 Å². The van der Waals surface area contributed by atoms with Crippen molar-refractivity contribution in [3.63, 3.8) is 0 Å². The van der Waals surface area contributed by atoms with Gasteiger partial charge in [0, 0.05) is 12.6 Å². The smallest absolute Gasteiger partial charge is 0.307 e. The molecule has 9 nitrogen and oxygen atoms in total. The van der Waals surface area contributed by atoms with Crippen molar-refractivity contribution < 1.29 is 18.7 Å². The normalized spacial score (nSPS) is 27.4. The highest BCUT2D eigenvalue weighted by atomic mass is 19.3. The van der Waals surface area contributed by atoms with Crippen LogP contribution in [0.15, 0.2) is 29.3 Å². The van der Waals surface area contributed by atoms with E-state index in [0.29, 0.717) is 54.5 Å². The molecule has 1 unspecified atom stereocenters. The monoisotopic (exact) mass is 573 g/mol. The van der Waals surface area contributed by atoms with E-state index in [1.165, 1.54) is 6.42 Å². The molecule has 2 aliphatic heterocycles. The van der Waals surface area contributed by atoms with Gasteiger partial charge in [0.25, 0.3) is 6.41 Å². The maximum atomic E-state index is 16.6. The lowest BCUT2D eigenvalue weighted by molar-refractivity contribution is -0.102. The maximum Gasteiger partial charge on any atom is 0.307 e. The molecule has 4 aliphatic rings. The Kier molecular flexibility index (Phi) is 9.13. The van der Waals surface area contributed by atoms with Gasteiger partial charge in [0.1, 0.15) is 5.69 Å². The molecule has 3 atom stereocenters. The minimum Gasteiger partial charge on any atom is -0.365 e. The molecule has 0 saturated heterocycles. The zero-order chi connectivity index (χ0) is 29.1. The third-order valence-electron chi connectivity index (χ3n) is 9.12. The number of hydrogen-bond donors (Lipinski definition) is 4. The van der Waals surface area contributed by atoms with E-state index in [0.717, 1.165) is 38.5 Å². The Balaban J connectivity index is 1.56. The number of rotatable bonds is 12. The molecular formula is C30H45F2N7O2. The molecule has 0 aromatic carbocycles. The number of fused-ring (bicyclic) bond motifs is 1. The molecule has 5 rings (SSSR count). The molecule has 2 saturated carbocycles. The van der Waals surface area contributed by atoms with E-state index < -0.39 is 18.5 Å². The van der Waals surface area contributed by atoms with Crippen molar-refractivity contribution in [2.45, 2.75) is 110 Å². The third-order valence-corrected chi connectivity index (χ3v) is 9.12. The fourth-order valence-corrected chi connectivity index (χ4v) is 6.38. The Morgan fingerprint density at radius 2 is 2.00 bits per heavy atom. The number of halogens is 2. The quantitative estimate of drug-likeness (QED) is 0.227. The first kappa shape index (κ1) is 29.7. The molecule has 3 heterocycles. The van der Waals surface area contributed by atoms with Crippen molar-refractivity contribution in [1.29, 1.82) is 0 Å². The van der Waals surface area contributed by atoms with Gasteiger partial charge >= 0.3 is 5.92 Å². The summed E-state index contributed by atoms with van der Waals surface area (Å²) >= 11 is 0. The summed E-state index contributed by atoms with van der Waals surface area (Å²) in [6.45, 7) is 10.5. The first-order chi connectivity index (χ1) is 19.7. The first-order valence-corrected chi connectivity index (χ1v) is 15.3. The number of anilines is 3. The molecule has 1 aromatic rings. The number of aliphatic imine (C=N–C) groups is 1. The van der Waals surface area contributed by atoms with Crippen LogP contribution >= 0.6 is 0 Å². The van der Waals surface area contributed by atoms with Crippen LogP contribution in [0.5, 0.6) is 0 Å². The van der Waals surface area contributed by atoms with Gasteiger partial charge in [0.2, 0.25) is 5.82 Å². The van der Waals surface area contributed by atoms with Crippen LogP contribution in [0.4, 0.5) is 26.1 Å². The van der Waals surface area contributed by atoms with E-state index >= 15 is 8.78 Å². The predicted octanol–water partition coefficient (Wildman–Crippen LogP) is 5.96. The second-order valence-corrected chi connectivity index (χ2v) is 12.2. The fourth-order valence-electron chi connectivity index (χ4n) is 6.38. The van der Waals surface area contributed by atoms with Gasteiger partial charge in [-0.2, -0.15) is 8.78 Å². The predicted molar refractivity (Wildman–Crippen MR) is 158 cm³/mol. The number of alkyl halides is 2. The van der Waals surface area contributed by atoms with Crippen LogP contribution in [0, 0.1) is 17.8 Å². The summed E-state index contributed by atoms with van der Waals surface area (Å²) in [5.74, 6) is -0.561. The zero-order valence-corrected chi connectivity index (χ0v) is 24.5. The summed E-state index contributed by atoms with van der Waals surface area (Å²) in [6, 6.07) is 0.107. The van der Waals surface area contributed by atoms with Crippen molar-refractivity contribution in [1.82, 2.24) is 15.4 Å². The van der Waals surface area contributed by atoms with Gasteiger partial charge in [-0.1, -0.05) is 45.3 Å². The van der Waals surface area contributed by atoms with Gasteiger partial charge in [0.15, 0.2) is 23.6 Å². The van der Waals surface area contributed by atoms with Crippen LogP contribution in [0.2, 0.25) is 0 Å². The molecule has 41 heavy (non-hydrogen) atoms. The number of aromatic nitrogens is 2. The molecule has 0 radical (unpaired) electrons. The van der Waals surface area contributed by atoms with Crippen LogP contribution < -0.4 is 21.0 Å². The van der Waals surface area contributed by atoms with Gasteiger partial charge in [-0.05, 0) is 75.2 Å². The van der Waals surface area contributed by atoms with E-state index in [2.05, 4.69) is 46.5 Å². The maximum absolute atomic E-state index is 16.6. The molecule has 226 valence electrons.